The van der Waals surface area contributed by atoms with Gasteiger partial charge in [0, 0.05) is 6.07 Å². The Morgan fingerprint density at radius 3 is 2.54 bits per heavy atom. The molecule has 0 aliphatic rings. The highest BCUT2D eigenvalue weighted by Gasteiger charge is 1.95. The maximum atomic E-state index is 5.45. The molecule has 0 aliphatic heterocycles. The summed E-state index contributed by atoms with van der Waals surface area (Å²) in [6.07, 6.45) is 1.02. The summed E-state index contributed by atoms with van der Waals surface area (Å²) in [6, 6.07) is 7.64. The first-order valence-corrected chi connectivity index (χ1v) is 5.40. The van der Waals surface area contributed by atoms with Crippen molar-refractivity contribution in [1.29, 1.82) is 0 Å². The van der Waals surface area contributed by atoms with Gasteiger partial charge in [-0.3, -0.25) is 0 Å². The Bertz CT molecular complexity index is 250. The van der Waals surface area contributed by atoms with Crippen molar-refractivity contribution < 1.29 is 9.47 Å². The molecule has 0 aromatic heterocycles. The average Bonchev–Trinajstić information content (AvgIpc) is 2.16. The largest absolute Gasteiger partial charge is 0.493 e. The van der Waals surface area contributed by atoms with Crippen LogP contribution in [0.2, 0.25) is 0 Å². The first-order chi connectivity index (χ1) is 6.36. The summed E-state index contributed by atoms with van der Waals surface area (Å²) in [5.41, 5.74) is 0.504. The van der Waals surface area contributed by atoms with Crippen LogP contribution in [0.3, 0.4) is 0 Å². The number of ether oxygens (including phenoxy) is 2. The van der Waals surface area contributed by atoms with Crippen LogP contribution >= 0.6 is 15.9 Å². The molecule has 3 heteroatoms. The molecular weight excluding hydrogens is 232 g/mol. The predicted octanol–water partition coefficient (Wildman–Crippen LogP) is 3.21. The summed E-state index contributed by atoms with van der Waals surface area (Å²) in [7, 11) is 0. The number of alkyl halides is 1. The zero-order chi connectivity index (χ0) is 9.52. The van der Waals surface area contributed by atoms with Crippen LogP contribution in [0.25, 0.3) is 0 Å². The van der Waals surface area contributed by atoms with Gasteiger partial charge in [-0.25, -0.2) is 0 Å². The van der Waals surface area contributed by atoms with Gasteiger partial charge in [-0.15, -0.1) is 0 Å². The molecule has 1 aromatic rings. The van der Waals surface area contributed by atoms with Crippen LogP contribution in [0.4, 0.5) is 0 Å². The van der Waals surface area contributed by atoms with E-state index >= 15 is 0 Å². The molecule has 2 nitrogen and oxygen atoms in total. The van der Waals surface area contributed by atoms with Crippen LogP contribution in [0.1, 0.15) is 13.3 Å². The first-order valence-electron chi connectivity index (χ1n) is 4.28. The highest BCUT2D eigenvalue weighted by molar-refractivity contribution is 9.09. The van der Waals surface area contributed by atoms with E-state index in [1.807, 2.05) is 24.3 Å². The maximum Gasteiger partial charge on any atom is 0.143 e. The molecule has 1 aromatic carbocycles. The third kappa shape index (κ3) is 3.68. The molecule has 0 radical (unpaired) electrons. The third-order valence-corrected chi connectivity index (χ3v) is 1.73. The Kier molecular flexibility index (Phi) is 4.68. The highest BCUT2D eigenvalue weighted by Crippen LogP contribution is 2.19. The van der Waals surface area contributed by atoms with Crippen molar-refractivity contribution in [2.24, 2.45) is 0 Å². The molecule has 72 valence electrons. The zero-order valence-electron chi connectivity index (χ0n) is 7.63. The van der Waals surface area contributed by atoms with Gasteiger partial charge in [0.1, 0.15) is 17.0 Å². The Morgan fingerprint density at radius 1 is 1.23 bits per heavy atom. The number of benzene rings is 1. The van der Waals surface area contributed by atoms with Crippen LogP contribution in [0.15, 0.2) is 24.3 Å². The van der Waals surface area contributed by atoms with Crippen molar-refractivity contribution in [2.45, 2.75) is 13.3 Å². The Labute approximate surface area is 87.0 Å². The molecule has 1 rings (SSSR count). The average molecular weight is 245 g/mol. The molecule has 0 amide bonds. The van der Waals surface area contributed by atoms with E-state index in [-0.39, 0.29) is 0 Å². The molecule has 0 saturated heterocycles. The van der Waals surface area contributed by atoms with Crippen LogP contribution in [0.5, 0.6) is 11.5 Å². The normalized spacial score (nSPS) is 9.69. The van der Waals surface area contributed by atoms with Crippen molar-refractivity contribution >= 4 is 15.9 Å². The van der Waals surface area contributed by atoms with E-state index in [9.17, 15) is 0 Å². The van der Waals surface area contributed by atoms with Crippen LogP contribution in [-0.4, -0.2) is 12.1 Å². The molecule has 0 saturated carbocycles. The first kappa shape index (κ1) is 10.4. The van der Waals surface area contributed by atoms with Crippen molar-refractivity contribution in [1.82, 2.24) is 0 Å². The molecule has 0 atom stereocenters. The lowest BCUT2D eigenvalue weighted by atomic mass is 10.3. The van der Waals surface area contributed by atoms with Crippen molar-refractivity contribution in [3.8, 4) is 11.5 Å². The summed E-state index contributed by atoms with van der Waals surface area (Å²) in [4.78, 5) is 0. The predicted molar refractivity (Wildman–Crippen MR) is 56.7 cm³/mol. The molecule has 0 fully saturated rings. The highest BCUT2D eigenvalue weighted by atomic mass is 79.9. The van der Waals surface area contributed by atoms with E-state index in [0.29, 0.717) is 5.52 Å². The quantitative estimate of drug-likeness (QED) is 0.741. The SMILES string of the molecule is CCCOc1cccc(OCBr)c1. The fourth-order valence-electron chi connectivity index (χ4n) is 0.937. The zero-order valence-corrected chi connectivity index (χ0v) is 9.21. The second-order valence-electron chi connectivity index (χ2n) is 2.58. The van der Waals surface area contributed by atoms with Gasteiger partial charge in [0.2, 0.25) is 0 Å². The monoisotopic (exact) mass is 244 g/mol. The second-order valence-corrected chi connectivity index (χ2v) is 3.03. The topological polar surface area (TPSA) is 18.5 Å². The van der Waals surface area contributed by atoms with Gasteiger partial charge < -0.3 is 9.47 Å². The van der Waals surface area contributed by atoms with E-state index < -0.39 is 0 Å². The summed E-state index contributed by atoms with van der Waals surface area (Å²) in [6.45, 7) is 2.83. The van der Waals surface area contributed by atoms with Crippen molar-refractivity contribution in [2.75, 3.05) is 12.1 Å². The van der Waals surface area contributed by atoms with E-state index in [1.54, 1.807) is 0 Å². The second kappa shape index (κ2) is 5.86. The molecular formula is C10H13BrO2. The lowest BCUT2D eigenvalue weighted by molar-refractivity contribution is 0.314. The number of halogens is 1. The number of hydrogen-bond acceptors (Lipinski definition) is 2. The van der Waals surface area contributed by atoms with Gasteiger partial charge in [0.25, 0.3) is 0 Å². The molecule has 0 heterocycles. The molecule has 0 N–H and O–H groups in total. The standard InChI is InChI=1S/C10H13BrO2/c1-2-6-12-9-4-3-5-10(7-9)13-8-11/h3-5,7H,2,6,8H2,1H3. The van der Waals surface area contributed by atoms with Crippen LogP contribution in [-0.2, 0) is 0 Å². The maximum absolute atomic E-state index is 5.45. The Morgan fingerprint density at radius 2 is 1.92 bits per heavy atom. The summed E-state index contributed by atoms with van der Waals surface area (Å²) in [5.74, 6) is 1.69. The minimum absolute atomic E-state index is 0.504. The Balaban J connectivity index is 2.56. The molecule has 13 heavy (non-hydrogen) atoms. The molecule has 0 spiro atoms. The van der Waals surface area contributed by atoms with E-state index in [4.69, 9.17) is 9.47 Å². The van der Waals surface area contributed by atoms with Crippen LogP contribution < -0.4 is 9.47 Å². The fraction of sp³-hybridized carbons (Fsp3) is 0.400. The summed E-state index contributed by atoms with van der Waals surface area (Å²) >= 11 is 3.20. The van der Waals surface area contributed by atoms with Gasteiger partial charge >= 0.3 is 0 Å². The van der Waals surface area contributed by atoms with Gasteiger partial charge in [-0.1, -0.05) is 13.0 Å². The molecule has 0 bridgehead atoms. The minimum atomic E-state index is 0.504. The Hall–Kier alpha value is -0.700. The van der Waals surface area contributed by atoms with E-state index in [0.717, 1.165) is 24.5 Å². The lowest BCUT2D eigenvalue weighted by Crippen LogP contribution is -1.95. The van der Waals surface area contributed by atoms with Gasteiger partial charge in [-0.2, -0.15) is 0 Å². The molecule has 0 unspecified atom stereocenters. The third-order valence-electron chi connectivity index (χ3n) is 1.50. The van der Waals surface area contributed by atoms with E-state index in [2.05, 4.69) is 22.9 Å². The summed E-state index contributed by atoms with van der Waals surface area (Å²) < 4.78 is 10.7. The summed E-state index contributed by atoms with van der Waals surface area (Å²) in [5, 5.41) is 0. The number of hydrogen-bond donors (Lipinski definition) is 0. The van der Waals surface area contributed by atoms with Gasteiger partial charge in [0.15, 0.2) is 0 Å². The lowest BCUT2D eigenvalue weighted by Gasteiger charge is -2.06. The van der Waals surface area contributed by atoms with Gasteiger partial charge in [0.05, 0.1) is 6.61 Å². The molecule has 0 aliphatic carbocycles. The van der Waals surface area contributed by atoms with Crippen molar-refractivity contribution in [3.05, 3.63) is 24.3 Å². The smallest absolute Gasteiger partial charge is 0.143 e. The fourth-order valence-corrected chi connectivity index (χ4v) is 1.20. The number of rotatable bonds is 5. The van der Waals surface area contributed by atoms with Gasteiger partial charge in [-0.05, 0) is 34.5 Å². The minimum Gasteiger partial charge on any atom is -0.493 e. The van der Waals surface area contributed by atoms with Crippen LogP contribution in [0, 0.1) is 0 Å². The van der Waals surface area contributed by atoms with E-state index in [1.165, 1.54) is 0 Å². The van der Waals surface area contributed by atoms with Crippen molar-refractivity contribution in [3.63, 3.8) is 0 Å².